The van der Waals surface area contributed by atoms with E-state index in [0.29, 0.717) is 21.6 Å². The van der Waals surface area contributed by atoms with Crippen molar-refractivity contribution in [1.29, 1.82) is 0 Å². The fraction of sp³-hybridized carbons (Fsp3) is 0.250. The van der Waals surface area contributed by atoms with E-state index in [0.717, 1.165) is 12.2 Å². The molecule has 0 aliphatic rings. The smallest absolute Gasteiger partial charge is 0.236 e. The van der Waals surface area contributed by atoms with Crippen LogP contribution >= 0.6 is 11.3 Å². The zero-order chi connectivity index (χ0) is 11.1. The average Bonchev–Trinajstić information content (AvgIpc) is 2.91. The van der Waals surface area contributed by atoms with E-state index in [-0.39, 0.29) is 0 Å². The summed E-state index contributed by atoms with van der Waals surface area (Å²) in [7, 11) is 0. The summed E-state index contributed by atoms with van der Waals surface area (Å²) >= 11 is 1.28. The van der Waals surface area contributed by atoms with E-state index in [1.807, 2.05) is 13.0 Å². The van der Waals surface area contributed by atoms with Crippen LogP contribution in [0.3, 0.4) is 0 Å². The highest BCUT2D eigenvalue weighted by molar-refractivity contribution is 7.20. The summed E-state index contributed by atoms with van der Waals surface area (Å²) in [5.41, 5.74) is 6.21. The molecule has 0 aliphatic carbocycles. The lowest BCUT2D eigenvalue weighted by Crippen LogP contribution is -1.92. The largest absolute Gasteiger partial charge is 0.374 e. The third-order valence-corrected chi connectivity index (χ3v) is 2.87. The van der Waals surface area contributed by atoms with Gasteiger partial charge in [-0.05, 0) is 0 Å². The van der Waals surface area contributed by atoms with Crippen LogP contribution in [0.4, 0.5) is 5.13 Å². The lowest BCUT2D eigenvalue weighted by molar-refractivity contribution is 0.388. The van der Waals surface area contributed by atoms with Crippen molar-refractivity contribution in [2.75, 3.05) is 5.73 Å². The molecule has 0 saturated carbocycles. The molecular formula is C8H8N6OS. The molecule has 0 fully saturated rings. The first-order valence-electron chi connectivity index (χ1n) is 4.71. The highest BCUT2D eigenvalue weighted by Crippen LogP contribution is 2.22. The standard InChI is InChI=1S/C8H8N6OS/c1-2-4-3-5(13-15-4)6-10-11-8-14(6)12-7(9)16-8/h3H,2H2,1H3,(H2,9,12). The summed E-state index contributed by atoms with van der Waals surface area (Å²) in [6, 6.07) is 1.83. The molecule has 3 rings (SSSR count). The average molecular weight is 236 g/mol. The van der Waals surface area contributed by atoms with Crippen LogP contribution < -0.4 is 5.73 Å². The highest BCUT2D eigenvalue weighted by atomic mass is 32.1. The highest BCUT2D eigenvalue weighted by Gasteiger charge is 2.15. The molecule has 7 nitrogen and oxygen atoms in total. The molecule has 0 amide bonds. The first kappa shape index (κ1) is 9.28. The van der Waals surface area contributed by atoms with Gasteiger partial charge < -0.3 is 10.3 Å². The number of nitrogen functional groups attached to an aromatic ring is 1. The van der Waals surface area contributed by atoms with Crippen LogP contribution in [0.5, 0.6) is 0 Å². The van der Waals surface area contributed by atoms with Gasteiger partial charge in [0.1, 0.15) is 5.76 Å². The molecule has 0 radical (unpaired) electrons. The van der Waals surface area contributed by atoms with Gasteiger partial charge in [0.15, 0.2) is 5.69 Å². The number of fused-ring (bicyclic) bond motifs is 1. The lowest BCUT2D eigenvalue weighted by Gasteiger charge is -1.86. The number of nitrogens with zero attached hydrogens (tertiary/aromatic N) is 5. The van der Waals surface area contributed by atoms with Crippen molar-refractivity contribution in [2.24, 2.45) is 0 Å². The Balaban J connectivity index is 2.17. The van der Waals surface area contributed by atoms with E-state index >= 15 is 0 Å². The number of hydrogen-bond donors (Lipinski definition) is 1. The fourth-order valence-electron chi connectivity index (χ4n) is 1.38. The normalized spacial score (nSPS) is 11.3. The number of nitrogens with two attached hydrogens (primary N) is 1. The maximum atomic E-state index is 5.59. The van der Waals surface area contributed by atoms with Gasteiger partial charge in [0.2, 0.25) is 15.9 Å². The molecule has 8 heteroatoms. The summed E-state index contributed by atoms with van der Waals surface area (Å²) in [6.07, 6.45) is 0.786. The molecule has 82 valence electrons. The van der Waals surface area contributed by atoms with Crippen LogP contribution in [0.2, 0.25) is 0 Å². The molecule has 0 spiro atoms. The van der Waals surface area contributed by atoms with Gasteiger partial charge in [-0.1, -0.05) is 23.4 Å². The van der Waals surface area contributed by atoms with Crippen molar-refractivity contribution < 1.29 is 4.52 Å². The van der Waals surface area contributed by atoms with Crippen molar-refractivity contribution in [3.05, 3.63) is 11.8 Å². The minimum absolute atomic E-state index is 0.449. The Kier molecular flexibility index (Phi) is 1.90. The first-order valence-corrected chi connectivity index (χ1v) is 5.53. The third-order valence-electron chi connectivity index (χ3n) is 2.14. The zero-order valence-corrected chi connectivity index (χ0v) is 9.23. The molecule has 0 aromatic carbocycles. The molecule has 2 N–H and O–H groups in total. The second-order valence-corrected chi connectivity index (χ2v) is 4.18. The predicted octanol–water partition coefficient (Wildman–Crippen LogP) is 0.985. The molecule has 3 aromatic heterocycles. The Bertz CT molecular complexity index is 638. The number of rotatable bonds is 2. The van der Waals surface area contributed by atoms with E-state index < -0.39 is 0 Å². The number of aryl methyl sites for hydroxylation is 1. The molecule has 0 aliphatic heterocycles. The summed E-state index contributed by atoms with van der Waals surface area (Å²) in [5.74, 6) is 1.35. The van der Waals surface area contributed by atoms with E-state index in [4.69, 9.17) is 10.3 Å². The molecule has 0 unspecified atom stereocenters. The van der Waals surface area contributed by atoms with Crippen LogP contribution in [0.25, 0.3) is 16.5 Å². The Hall–Kier alpha value is -1.96. The van der Waals surface area contributed by atoms with E-state index in [1.54, 1.807) is 4.52 Å². The van der Waals surface area contributed by atoms with E-state index in [9.17, 15) is 0 Å². The van der Waals surface area contributed by atoms with Crippen molar-refractivity contribution in [3.8, 4) is 11.5 Å². The Labute approximate surface area is 93.9 Å². The number of anilines is 1. The molecule has 3 aromatic rings. The maximum Gasteiger partial charge on any atom is 0.236 e. The van der Waals surface area contributed by atoms with Gasteiger partial charge in [0.25, 0.3) is 0 Å². The van der Waals surface area contributed by atoms with Crippen molar-refractivity contribution in [3.63, 3.8) is 0 Å². The number of aromatic nitrogens is 5. The van der Waals surface area contributed by atoms with Crippen LogP contribution in [0.15, 0.2) is 10.6 Å². The van der Waals surface area contributed by atoms with Crippen molar-refractivity contribution in [1.82, 2.24) is 25.0 Å². The lowest BCUT2D eigenvalue weighted by atomic mass is 10.3. The second kappa shape index (κ2) is 3.27. The second-order valence-electron chi connectivity index (χ2n) is 3.19. The van der Waals surface area contributed by atoms with Crippen LogP contribution in [0, 0.1) is 0 Å². The minimum atomic E-state index is 0.449. The van der Waals surface area contributed by atoms with Gasteiger partial charge in [-0.3, -0.25) is 0 Å². The van der Waals surface area contributed by atoms with Crippen LogP contribution in [0.1, 0.15) is 12.7 Å². The van der Waals surface area contributed by atoms with Gasteiger partial charge in [-0.25, -0.2) is 0 Å². The number of hydrogen-bond acceptors (Lipinski definition) is 7. The van der Waals surface area contributed by atoms with Gasteiger partial charge in [0, 0.05) is 12.5 Å². The summed E-state index contributed by atoms with van der Waals surface area (Å²) in [6.45, 7) is 1.99. The molecule has 0 bridgehead atoms. The zero-order valence-electron chi connectivity index (χ0n) is 8.41. The minimum Gasteiger partial charge on any atom is -0.374 e. The topological polar surface area (TPSA) is 95.1 Å². The summed E-state index contributed by atoms with van der Waals surface area (Å²) in [4.78, 5) is 0.647. The van der Waals surface area contributed by atoms with E-state index in [1.165, 1.54) is 11.3 Å². The Morgan fingerprint density at radius 2 is 2.38 bits per heavy atom. The maximum absolute atomic E-state index is 5.59. The predicted molar refractivity (Wildman–Crippen MR) is 57.9 cm³/mol. The third kappa shape index (κ3) is 1.27. The molecular weight excluding hydrogens is 228 g/mol. The van der Waals surface area contributed by atoms with Crippen molar-refractivity contribution in [2.45, 2.75) is 13.3 Å². The summed E-state index contributed by atoms with van der Waals surface area (Å²) in [5, 5.41) is 16.4. The first-order chi connectivity index (χ1) is 7.78. The Morgan fingerprint density at radius 1 is 1.50 bits per heavy atom. The molecule has 16 heavy (non-hydrogen) atoms. The SMILES string of the molecule is CCc1cc(-c2nnc3sc(N)nn23)no1. The molecule has 0 atom stereocenters. The molecule has 3 heterocycles. The molecule has 0 saturated heterocycles. The van der Waals surface area contributed by atoms with Gasteiger partial charge in [0.05, 0.1) is 0 Å². The van der Waals surface area contributed by atoms with Gasteiger partial charge in [-0.2, -0.15) is 4.52 Å². The summed E-state index contributed by atoms with van der Waals surface area (Å²) < 4.78 is 6.67. The van der Waals surface area contributed by atoms with Crippen LogP contribution in [-0.2, 0) is 6.42 Å². The quantitative estimate of drug-likeness (QED) is 0.712. The van der Waals surface area contributed by atoms with E-state index in [2.05, 4.69) is 20.5 Å². The Morgan fingerprint density at radius 3 is 3.12 bits per heavy atom. The monoisotopic (exact) mass is 236 g/mol. The van der Waals surface area contributed by atoms with Crippen LogP contribution in [-0.4, -0.2) is 25.0 Å². The van der Waals surface area contributed by atoms with Gasteiger partial charge >= 0.3 is 0 Å². The fourth-order valence-corrected chi connectivity index (χ4v) is 1.98. The van der Waals surface area contributed by atoms with Crippen molar-refractivity contribution >= 4 is 21.4 Å². The van der Waals surface area contributed by atoms with Gasteiger partial charge in [-0.15, -0.1) is 15.3 Å².